The number of hydrogen-bond acceptors (Lipinski definition) is 4. The lowest BCUT2D eigenvalue weighted by Crippen LogP contribution is -2.18. The van der Waals surface area contributed by atoms with Crippen LogP contribution in [0.4, 0.5) is 4.39 Å². The van der Waals surface area contributed by atoms with Crippen molar-refractivity contribution in [2.24, 2.45) is 10.9 Å². The molecule has 0 spiro atoms. The standard InChI is InChI=1S/C23H32FN3O/c1-6-9-19(16-27-25)15-20(23-17(3)10-8-11-22(23)24)14-18(4)28-21(7-2)12-13-26-5/h6,8,10-11,14-16,21,26H,1,4,7,9,12-13,25H2,2-3,5H3/b19-15+,20-14+,27-16-. The third-order valence-corrected chi connectivity index (χ3v) is 4.28. The molecule has 4 nitrogen and oxygen atoms in total. The van der Waals surface area contributed by atoms with Gasteiger partial charge in [-0.1, -0.05) is 31.7 Å². The second kappa shape index (κ2) is 12.7. The molecule has 3 N–H and O–H groups in total. The highest BCUT2D eigenvalue weighted by Gasteiger charge is 2.13. The van der Waals surface area contributed by atoms with Crippen molar-refractivity contribution in [2.45, 2.75) is 39.2 Å². The molecule has 1 unspecified atom stereocenters. The molecule has 1 aromatic carbocycles. The molecule has 0 aromatic heterocycles. The first-order valence-corrected chi connectivity index (χ1v) is 9.48. The first-order valence-electron chi connectivity index (χ1n) is 9.48. The molecule has 0 aliphatic rings. The summed E-state index contributed by atoms with van der Waals surface area (Å²) in [5.74, 6) is 5.50. The Morgan fingerprint density at radius 1 is 1.39 bits per heavy atom. The average molecular weight is 386 g/mol. The summed E-state index contributed by atoms with van der Waals surface area (Å²) in [5, 5.41) is 6.72. The molecule has 0 fully saturated rings. The SMILES string of the molecule is C=CCC(/C=N\N)=C\C(=C/C(=C)OC(CC)CCNC)c1c(C)cccc1F. The fraction of sp³-hybridized carbons (Fsp3) is 0.348. The Morgan fingerprint density at radius 2 is 2.14 bits per heavy atom. The lowest BCUT2D eigenvalue weighted by molar-refractivity contribution is 0.115. The van der Waals surface area contributed by atoms with E-state index < -0.39 is 0 Å². The van der Waals surface area contributed by atoms with Crippen molar-refractivity contribution in [2.75, 3.05) is 13.6 Å². The molecule has 0 saturated carbocycles. The fourth-order valence-corrected chi connectivity index (χ4v) is 2.87. The highest BCUT2D eigenvalue weighted by molar-refractivity contribution is 5.87. The van der Waals surface area contributed by atoms with E-state index in [0.717, 1.165) is 30.5 Å². The fourth-order valence-electron chi connectivity index (χ4n) is 2.87. The van der Waals surface area contributed by atoms with Gasteiger partial charge in [0, 0.05) is 5.56 Å². The van der Waals surface area contributed by atoms with Gasteiger partial charge in [0.25, 0.3) is 0 Å². The summed E-state index contributed by atoms with van der Waals surface area (Å²) in [5.41, 5.74) is 2.78. The lowest BCUT2D eigenvalue weighted by Gasteiger charge is -2.18. The number of hydrogen-bond donors (Lipinski definition) is 2. The summed E-state index contributed by atoms with van der Waals surface area (Å²) in [6.07, 6.45) is 9.21. The Balaban J connectivity index is 3.33. The van der Waals surface area contributed by atoms with Crippen molar-refractivity contribution in [3.8, 4) is 0 Å². The molecule has 0 saturated heterocycles. The van der Waals surface area contributed by atoms with Crippen LogP contribution in [-0.4, -0.2) is 25.9 Å². The molecule has 0 radical (unpaired) electrons. The van der Waals surface area contributed by atoms with E-state index >= 15 is 0 Å². The van der Waals surface area contributed by atoms with E-state index in [1.807, 2.05) is 26.1 Å². The molecule has 1 rings (SSSR count). The Morgan fingerprint density at radius 3 is 2.71 bits per heavy atom. The molecule has 152 valence electrons. The third kappa shape index (κ3) is 7.53. The van der Waals surface area contributed by atoms with E-state index in [4.69, 9.17) is 10.6 Å². The van der Waals surface area contributed by atoms with Crippen molar-refractivity contribution in [3.63, 3.8) is 0 Å². The van der Waals surface area contributed by atoms with E-state index in [2.05, 4.69) is 30.5 Å². The Labute approximate surface area is 168 Å². The van der Waals surface area contributed by atoms with Crippen LogP contribution in [0.1, 0.15) is 37.3 Å². The molecule has 28 heavy (non-hydrogen) atoms. The van der Waals surface area contributed by atoms with Crippen LogP contribution in [0.2, 0.25) is 0 Å². The number of hydrazone groups is 1. The zero-order chi connectivity index (χ0) is 20.9. The van der Waals surface area contributed by atoms with Gasteiger partial charge in [0.2, 0.25) is 0 Å². The van der Waals surface area contributed by atoms with Gasteiger partial charge in [-0.25, -0.2) is 4.39 Å². The van der Waals surface area contributed by atoms with Gasteiger partial charge in [-0.15, -0.1) is 6.58 Å². The van der Waals surface area contributed by atoms with Crippen LogP contribution in [0.25, 0.3) is 5.57 Å². The second-order valence-corrected chi connectivity index (χ2v) is 6.53. The lowest BCUT2D eigenvalue weighted by atomic mass is 9.96. The van der Waals surface area contributed by atoms with Gasteiger partial charge < -0.3 is 15.9 Å². The number of aryl methyl sites for hydroxylation is 1. The van der Waals surface area contributed by atoms with E-state index in [1.165, 1.54) is 12.3 Å². The van der Waals surface area contributed by atoms with Crippen LogP contribution < -0.4 is 11.2 Å². The minimum atomic E-state index is -0.305. The monoisotopic (exact) mass is 385 g/mol. The van der Waals surface area contributed by atoms with Crippen molar-refractivity contribution in [1.29, 1.82) is 0 Å². The first kappa shape index (κ1) is 23.4. The van der Waals surface area contributed by atoms with Gasteiger partial charge in [0.15, 0.2) is 0 Å². The van der Waals surface area contributed by atoms with Crippen molar-refractivity contribution >= 4 is 11.8 Å². The van der Waals surface area contributed by atoms with E-state index in [0.29, 0.717) is 23.3 Å². The van der Waals surface area contributed by atoms with Crippen molar-refractivity contribution < 1.29 is 9.13 Å². The summed E-state index contributed by atoms with van der Waals surface area (Å²) in [6, 6.07) is 5.01. The van der Waals surface area contributed by atoms with Gasteiger partial charge >= 0.3 is 0 Å². The zero-order valence-corrected chi connectivity index (χ0v) is 17.2. The maximum atomic E-state index is 14.6. The molecule has 0 heterocycles. The maximum Gasteiger partial charge on any atom is 0.131 e. The van der Waals surface area contributed by atoms with E-state index in [9.17, 15) is 4.39 Å². The molecule has 0 amide bonds. The molecule has 1 atom stereocenters. The minimum Gasteiger partial charge on any atom is -0.491 e. The van der Waals surface area contributed by atoms with Gasteiger partial charge in [-0.05, 0) is 74.7 Å². The average Bonchev–Trinajstić information content (AvgIpc) is 2.65. The number of allylic oxidation sites excluding steroid dienone is 5. The Bertz CT molecular complexity index is 730. The predicted molar refractivity (Wildman–Crippen MR) is 118 cm³/mol. The number of ether oxygens (including phenoxy) is 1. The van der Waals surface area contributed by atoms with Gasteiger partial charge in [-0.3, -0.25) is 0 Å². The third-order valence-electron chi connectivity index (χ3n) is 4.28. The highest BCUT2D eigenvalue weighted by atomic mass is 19.1. The summed E-state index contributed by atoms with van der Waals surface area (Å²) in [4.78, 5) is 0. The number of nitrogens with zero attached hydrogens (tertiary/aromatic N) is 1. The number of halogens is 1. The molecule has 0 bridgehead atoms. The quantitative estimate of drug-likeness (QED) is 0.135. The van der Waals surface area contributed by atoms with Crippen LogP contribution in [-0.2, 0) is 4.74 Å². The van der Waals surface area contributed by atoms with Crippen LogP contribution in [0.3, 0.4) is 0 Å². The molecule has 5 heteroatoms. The second-order valence-electron chi connectivity index (χ2n) is 6.53. The maximum absolute atomic E-state index is 14.6. The van der Waals surface area contributed by atoms with Gasteiger partial charge in [0.1, 0.15) is 11.6 Å². The normalized spacial score (nSPS) is 13.6. The van der Waals surface area contributed by atoms with E-state index in [-0.39, 0.29) is 11.9 Å². The van der Waals surface area contributed by atoms with Crippen LogP contribution in [0.5, 0.6) is 0 Å². The first-order chi connectivity index (χ1) is 13.5. The van der Waals surface area contributed by atoms with Crippen LogP contribution >= 0.6 is 0 Å². The molecular weight excluding hydrogens is 353 g/mol. The van der Waals surface area contributed by atoms with Gasteiger partial charge in [0.05, 0.1) is 12.3 Å². The zero-order valence-electron chi connectivity index (χ0n) is 17.2. The predicted octanol–water partition coefficient (Wildman–Crippen LogP) is 4.88. The van der Waals surface area contributed by atoms with E-state index in [1.54, 1.807) is 18.2 Å². The number of benzene rings is 1. The van der Waals surface area contributed by atoms with Crippen molar-refractivity contribution in [3.05, 3.63) is 77.9 Å². The Hall–Kier alpha value is -2.66. The number of rotatable bonds is 12. The summed E-state index contributed by atoms with van der Waals surface area (Å²) >= 11 is 0. The number of nitrogens with one attached hydrogen (secondary N) is 1. The molecular formula is C23H32FN3O. The largest absolute Gasteiger partial charge is 0.491 e. The topological polar surface area (TPSA) is 59.6 Å². The van der Waals surface area contributed by atoms with Gasteiger partial charge in [-0.2, -0.15) is 5.10 Å². The summed E-state index contributed by atoms with van der Waals surface area (Å²) < 4.78 is 20.6. The Kier molecular flexibility index (Phi) is 10.6. The highest BCUT2D eigenvalue weighted by Crippen LogP contribution is 2.27. The summed E-state index contributed by atoms with van der Waals surface area (Å²) in [6.45, 7) is 12.6. The molecule has 0 aliphatic heterocycles. The smallest absolute Gasteiger partial charge is 0.131 e. The molecule has 1 aromatic rings. The summed E-state index contributed by atoms with van der Waals surface area (Å²) in [7, 11) is 1.91. The minimum absolute atomic E-state index is 0.0430. The van der Waals surface area contributed by atoms with Crippen LogP contribution in [0, 0.1) is 12.7 Å². The molecule has 0 aliphatic carbocycles. The van der Waals surface area contributed by atoms with Crippen LogP contribution in [0.15, 0.2) is 66.0 Å². The number of nitrogens with two attached hydrogens (primary N) is 1. The van der Waals surface area contributed by atoms with Crippen molar-refractivity contribution in [1.82, 2.24) is 5.32 Å².